The Labute approximate surface area is 187 Å². The van der Waals surface area contributed by atoms with E-state index in [-0.39, 0.29) is 0 Å². The Balaban J connectivity index is 4.32. The number of hydrogen-bond acceptors (Lipinski definition) is 0. The number of hydrogen-bond donors (Lipinski definition) is 0. The molecule has 0 aromatic heterocycles. The lowest BCUT2D eigenvalue weighted by Crippen LogP contribution is -2.18. The van der Waals surface area contributed by atoms with Gasteiger partial charge in [-0.15, -0.1) is 0 Å². The van der Waals surface area contributed by atoms with Crippen molar-refractivity contribution < 1.29 is 0 Å². The van der Waals surface area contributed by atoms with Crippen LogP contribution >= 0.6 is 0 Å². The van der Waals surface area contributed by atoms with Crippen molar-refractivity contribution in [3.05, 3.63) is 0 Å². The monoisotopic (exact) mass is 408 g/mol. The van der Waals surface area contributed by atoms with Crippen molar-refractivity contribution in [3.63, 3.8) is 0 Å². The standard InChI is InChI=1S/C29H60/c1-9-11-13-14-15-19-26(6)27(7)21-22-29(20-12-10-2)28(8)23-25(5)18-16-17-24(3)4/h24-29H,9-23H2,1-8H3. The Bertz CT molecular complexity index is 331. The zero-order valence-corrected chi connectivity index (χ0v) is 22.1. The van der Waals surface area contributed by atoms with E-state index >= 15 is 0 Å². The predicted octanol–water partition coefficient (Wildman–Crippen LogP) is 10.7. The van der Waals surface area contributed by atoms with Crippen LogP contribution in [0.5, 0.6) is 0 Å². The summed E-state index contributed by atoms with van der Waals surface area (Å²) in [6, 6.07) is 0. The molecule has 0 aliphatic rings. The van der Waals surface area contributed by atoms with E-state index in [1.807, 2.05) is 0 Å². The molecule has 5 unspecified atom stereocenters. The van der Waals surface area contributed by atoms with E-state index in [0.717, 1.165) is 35.5 Å². The molecule has 0 heterocycles. The van der Waals surface area contributed by atoms with E-state index in [4.69, 9.17) is 0 Å². The van der Waals surface area contributed by atoms with Gasteiger partial charge < -0.3 is 0 Å². The maximum atomic E-state index is 2.57. The summed E-state index contributed by atoms with van der Waals surface area (Å²) in [5.41, 5.74) is 0. The minimum atomic E-state index is 0.868. The molecule has 0 aromatic carbocycles. The van der Waals surface area contributed by atoms with Crippen molar-refractivity contribution in [2.45, 2.75) is 152 Å². The van der Waals surface area contributed by atoms with Crippen LogP contribution in [0, 0.1) is 35.5 Å². The fourth-order valence-corrected chi connectivity index (χ4v) is 5.12. The largest absolute Gasteiger partial charge is 0.0654 e. The van der Waals surface area contributed by atoms with Crippen molar-refractivity contribution in [1.82, 2.24) is 0 Å². The van der Waals surface area contributed by atoms with Gasteiger partial charge in [0.2, 0.25) is 0 Å². The summed E-state index contributed by atoms with van der Waals surface area (Å²) < 4.78 is 0. The highest BCUT2D eigenvalue weighted by molar-refractivity contribution is 4.73. The van der Waals surface area contributed by atoms with Gasteiger partial charge in [-0.2, -0.15) is 0 Å². The maximum absolute atomic E-state index is 2.57. The van der Waals surface area contributed by atoms with Crippen molar-refractivity contribution in [3.8, 4) is 0 Å². The zero-order valence-electron chi connectivity index (χ0n) is 22.1. The van der Waals surface area contributed by atoms with Crippen LogP contribution in [-0.4, -0.2) is 0 Å². The van der Waals surface area contributed by atoms with Crippen LogP contribution in [-0.2, 0) is 0 Å². The van der Waals surface area contributed by atoms with E-state index in [0.29, 0.717) is 0 Å². The first-order chi connectivity index (χ1) is 13.8. The molecule has 0 aliphatic heterocycles. The molecule has 0 aromatic rings. The summed E-state index contributed by atoms with van der Waals surface area (Å²) in [6.07, 6.45) is 21.5. The molecule has 29 heavy (non-hydrogen) atoms. The lowest BCUT2D eigenvalue weighted by atomic mass is 9.77. The SMILES string of the molecule is CCCCCCCC(C)C(C)CCC(CCCC)C(C)CC(C)CCCC(C)C. The first-order valence-corrected chi connectivity index (χ1v) is 13.8. The fraction of sp³-hybridized carbons (Fsp3) is 1.00. The van der Waals surface area contributed by atoms with Crippen LogP contribution < -0.4 is 0 Å². The summed E-state index contributed by atoms with van der Waals surface area (Å²) in [7, 11) is 0. The summed E-state index contributed by atoms with van der Waals surface area (Å²) >= 11 is 0. The second-order valence-corrected chi connectivity index (χ2v) is 11.3. The average molecular weight is 409 g/mol. The first-order valence-electron chi connectivity index (χ1n) is 13.8. The number of unbranched alkanes of at least 4 members (excludes halogenated alkanes) is 5. The molecule has 0 nitrogen and oxygen atoms in total. The van der Waals surface area contributed by atoms with Crippen LogP contribution in [0.1, 0.15) is 152 Å². The van der Waals surface area contributed by atoms with Gasteiger partial charge in [0, 0.05) is 0 Å². The lowest BCUT2D eigenvalue weighted by molar-refractivity contribution is 0.224. The summed E-state index contributed by atoms with van der Waals surface area (Å²) in [6.45, 7) is 19.5. The van der Waals surface area contributed by atoms with Gasteiger partial charge in [0.15, 0.2) is 0 Å². The summed E-state index contributed by atoms with van der Waals surface area (Å²) in [5.74, 6) is 5.46. The van der Waals surface area contributed by atoms with Gasteiger partial charge in [-0.3, -0.25) is 0 Å². The van der Waals surface area contributed by atoms with Gasteiger partial charge in [-0.25, -0.2) is 0 Å². The molecule has 0 amide bonds. The van der Waals surface area contributed by atoms with Crippen molar-refractivity contribution in [1.29, 1.82) is 0 Å². The highest BCUT2D eigenvalue weighted by Crippen LogP contribution is 2.33. The Hall–Kier alpha value is 0. The van der Waals surface area contributed by atoms with Crippen molar-refractivity contribution >= 4 is 0 Å². The summed E-state index contributed by atoms with van der Waals surface area (Å²) in [5, 5.41) is 0. The predicted molar refractivity (Wildman–Crippen MR) is 136 cm³/mol. The molecule has 0 fully saturated rings. The van der Waals surface area contributed by atoms with Gasteiger partial charge >= 0.3 is 0 Å². The summed E-state index contributed by atoms with van der Waals surface area (Å²) in [4.78, 5) is 0. The van der Waals surface area contributed by atoms with Crippen LogP contribution in [0.4, 0.5) is 0 Å². The van der Waals surface area contributed by atoms with E-state index in [2.05, 4.69) is 55.4 Å². The van der Waals surface area contributed by atoms with Crippen LogP contribution in [0.25, 0.3) is 0 Å². The van der Waals surface area contributed by atoms with E-state index in [9.17, 15) is 0 Å². The minimum Gasteiger partial charge on any atom is -0.0654 e. The molecule has 0 rings (SSSR count). The van der Waals surface area contributed by atoms with Gasteiger partial charge in [0.1, 0.15) is 0 Å². The molecule has 0 aliphatic carbocycles. The minimum absolute atomic E-state index is 0.868. The van der Waals surface area contributed by atoms with Crippen LogP contribution in [0.3, 0.4) is 0 Å². The zero-order chi connectivity index (χ0) is 22.1. The topological polar surface area (TPSA) is 0 Å². The molecule has 0 saturated heterocycles. The molecule has 0 N–H and O–H groups in total. The molecular weight excluding hydrogens is 348 g/mol. The Kier molecular flexibility index (Phi) is 18.7. The molecule has 0 radical (unpaired) electrons. The number of rotatable bonds is 20. The Morgan fingerprint density at radius 1 is 0.448 bits per heavy atom. The van der Waals surface area contributed by atoms with Gasteiger partial charge in [0.25, 0.3) is 0 Å². The second-order valence-electron chi connectivity index (χ2n) is 11.3. The molecule has 0 heteroatoms. The third-order valence-electron chi connectivity index (χ3n) is 7.71. The lowest BCUT2D eigenvalue weighted by Gasteiger charge is -2.29. The third kappa shape index (κ3) is 16.4. The maximum Gasteiger partial charge on any atom is -0.0388 e. The van der Waals surface area contributed by atoms with Gasteiger partial charge in [-0.1, -0.05) is 139 Å². The first kappa shape index (κ1) is 29.0. The van der Waals surface area contributed by atoms with Crippen molar-refractivity contribution in [2.75, 3.05) is 0 Å². The smallest absolute Gasteiger partial charge is 0.0388 e. The van der Waals surface area contributed by atoms with E-state index in [1.54, 1.807) is 0 Å². The molecular formula is C29H60. The molecule has 0 spiro atoms. The average Bonchev–Trinajstić information content (AvgIpc) is 2.66. The highest BCUT2D eigenvalue weighted by atomic mass is 14.3. The van der Waals surface area contributed by atoms with E-state index < -0.39 is 0 Å². The normalized spacial score (nSPS) is 17.3. The third-order valence-corrected chi connectivity index (χ3v) is 7.71. The van der Waals surface area contributed by atoms with Crippen LogP contribution in [0.2, 0.25) is 0 Å². The molecule has 0 bridgehead atoms. The fourth-order valence-electron chi connectivity index (χ4n) is 5.12. The van der Waals surface area contributed by atoms with Gasteiger partial charge in [0.05, 0.1) is 0 Å². The molecule has 0 saturated carbocycles. The Morgan fingerprint density at radius 2 is 1.07 bits per heavy atom. The Morgan fingerprint density at radius 3 is 1.69 bits per heavy atom. The molecule has 176 valence electrons. The van der Waals surface area contributed by atoms with Crippen LogP contribution in [0.15, 0.2) is 0 Å². The highest BCUT2D eigenvalue weighted by Gasteiger charge is 2.21. The van der Waals surface area contributed by atoms with Gasteiger partial charge in [-0.05, 0) is 48.3 Å². The molecule has 5 atom stereocenters. The quantitative estimate of drug-likeness (QED) is 0.176. The van der Waals surface area contributed by atoms with E-state index in [1.165, 1.54) is 96.3 Å². The van der Waals surface area contributed by atoms with Crippen molar-refractivity contribution in [2.24, 2.45) is 35.5 Å². The second kappa shape index (κ2) is 18.7.